The molecule has 3 heterocycles. The maximum Gasteiger partial charge on any atom is 0.225 e. The van der Waals surface area contributed by atoms with Crippen molar-refractivity contribution in [1.82, 2.24) is 19.9 Å². The fourth-order valence-corrected chi connectivity index (χ4v) is 3.01. The summed E-state index contributed by atoms with van der Waals surface area (Å²) in [6.07, 6.45) is 6.24. The van der Waals surface area contributed by atoms with E-state index in [2.05, 4.69) is 43.6 Å². The van der Waals surface area contributed by atoms with Crippen LogP contribution in [0.5, 0.6) is 0 Å². The van der Waals surface area contributed by atoms with E-state index in [4.69, 9.17) is 0 Å². The molecule has 3 rings (SSSR count). The number of hydrogen-bond donors (Lipinski definition) is 2. The van der Waals surface area contributed by atoms with Gasteiger partial charge < -0.3 is 10.6 Å². The van der Waals surface area contributed by atoms with Crippen molar-refractivity contribution in [1.29, 1.82) is 0 Å². The van der Waals surface area contributed by atoms with Gasteiger partial charge in [0.1, 0.15) is 5.52 Å². The van der Waals surface area contributed by atoms with Crippen LogP contribution in [0.2, 0.25) is 0 Å². The molecule has 0 aromatic carbocycles. The molecule has 106 valence electrons. The summed E-state index contributed by atoms with van der Waals surface area (Å²) in [4.78, 5) is 16.2. The third-order valence-electron chi connectivity index (χ3n) is 3.80. The average Bonchev–Trinajstić information content (AvgIpc) is 2.81. The Hall–Kier alpha value is -1.63. The Labute approximate surface area is 125 Å². The summed E-state index contributed by atoms with van der Waals surface area (Å²) in [7, 11) is 0. The molecule has 7 heteroatoms. The van der Waals surface area contributed by atoms with Gasteiger partial charge in [0.05, 0.1) is 16.6 Å². The number of aromatic nitrogens is 3. The maximum absolute atomic E-state index is 11.9. The van der Waals surface area contributed by atoms with Gasteiger partial charge in [0.15, 0.2) is 5.82 Å². The quantitative estimate of drug-likeness (QED) is 0.893. The number of rotatable bonds is 3. The van der Waals surface area contributed by atoms with Crippen LogP contribution in [-0.4, -0.2) is 33.6 Å². The number of fused-ring (bicyclic) bond motifs is 1. The standard InChI is InChI=1S/C13H16BrN5O/c1-8-2-3-16-13(20)9(8)6-17-12-11-10(14)7-18-19(11)5-4-15-12/h4-5,7-9H,2-3,6H2,1H3,(H,15,17)(H,16,20). The van der Waals surface area contributed by atoms with Crippen molar-refractivity contribution in [2.75, 3.05) is 18.4 Å². The second-order valence-electron chi connectivity index (χ2n) is 5.11. The van der Waals surface area contributed by atoms with Crippen molar-refractivity contribution in [3.8, 4) is 0 Å². The van der Waals surface area contributed by atoms with Crippen LogP contribution in [0.15, 0.2) is 23.1 Å². The Kier molecular flexibility index (Phi) is 3.60. The van der Waals surface area contributed by atoms with Crippen molar-refractivity contribution in [2.24, 2.45) is 11.8 Å². The lowest BCUT2D eigenvalue weighted by molar-refractivity contribution is -0.127. The van der Waals surface area contributed by atoms with Gasteiger partial charge in [-0.05, 0) is 28.3 Å². The Balaban J connectivity index is 1.80. The number of carbonyl (C=O) groups excluding carboxylic acids is 1. The van der Waals surface area contributed by atoms with Gasteiger partial charge in [-0.1, -0.05) is 6.92 Å². The molecule has 0 bridgehead atoms. The number of nitrogens with one attached hydrogen (secondary N) is 2. The van der Waals surface area contributed by atoms with Gasteiger partial charge in [-0.2, -0.15) is 5.10 Å². The Morgan fingerprint density at radius 2 is 2.45 bits per heavy atom. The molecule has 2 aromatic rings. The zero-order valence-electron chi connectivity index (χ0n) is 11.1. The first-order chi connectivity index (χ1) is 9.66. The van der Waals surface area contributed by atoms with Crippen molar-refractivity contribution in [3.63, 3.8) is 0 Å². The van der Waals surface area contributed by atoms with E-state index in [1.165, 1.54) is 0 Å². The molecule has 2 atom stereocenters. The molecule has 0 radical (unpaired) electrons. The number of halogens is 1. The molecule has 0 spiro atoms. The first-order valence-corrected chi connectivity index (χ1v) is 7.45. The first-order valence-electron chi connectivity index (χ1n) is 6.66. The van der Waals surface area contributed by atoms with E-state index >= 15 is 0 Å². The summed E-state index contributed by atoms with van der Waals surface area (Å²) >= 11 is 3.46. The minimum absolute atomic E-state index is 0.0208. The smallest absolute Gasteiger partial charge is 0.225 e. The van der Waals surface area contributed by atoms with Gasteiger partial charge in [-0.15, -0.1) is 0 Å². The summed E-state index contributed by atoms with van der Waals surface area (Å²) < 4.78 is 2.64. The van der Waals surface area contributed by atoms with Crippen LogP contribution < -0.4 is 10.6 Å². The van der Waals surface area contributed by atoms with Gasteiger partial charge >= 0.3 is 0 Å². The number of piperidine rings is 1. The topological polar surface area (TPSA) is 71.3 Å². The molecular formula is C13H16BrN5O. The van der Waals surface area contributed by atoms with Crippen molar-refractivity contribution >= 4 is 33.2 Å². The minimum atomic E-state index is -0.0208. The van der Waals surface area contributed by atoms with Gasteiger partial charge in [0.25, 0.3) is 0 Å². The number of amides is 1. The van der Waals surface area contributed by atoms with E-state index in [0.717, 1.165) is 28.8 Å². The molecule has 0 saturated carbocycles. The average molecular weight is 338 g/mol. The Bertz CT molecular complexity index is 641. The zero-order valence-corrected chi connectivity index (χ0v) is 12.7. The van der Waals surface area contributed by atoms with E-state index in [1.807, 2.05) is 0 Å². The van der Waals surface area contributed by atoms with Crippen LogP contribution in [0.3, 0.4) is 0 Å². The second kappa shape index (κ2) is 5.40. The monoisotopic (exact) mass is 337 g/mol. The minimum Gasteiger partial charge on any atom is -0.367 e. The summed E-state index contributed by atoms with van der Waals surface area (Å²) in [6, 6.07) is 0. The molecule has 2 N–H and O–H groups in total. The van der Waals surface area contributed by atoms with Gasteiger partial charge in [-0.3, -0.25) is 4.79 Å². The van der Waals surface area contributed by atoms with Gasteiger partial charge in [-0.25, -0.2) is 9.50 Å². The van der Waals surface area contributed by atoms with Crippen LogP contribution in [0.25, 0.3) is 5.52 Å². The number of hydrogen-bond acceptors (Lipinski definition) is 4. The van der Waals surface area contributed by atoms with E-state index in [9.17, 15) is 4.79 Å². The molecule has 1 aliphatic heterocycles. The van der Waals surface area contributed by atoms with Crippen molar-refractivity contribution in [3.05, 3.63) is 23.1 Å². The molecule has 1 aliphatic rings. The highest BCUT2D eigenvalue weighted by Crippen LogP contribution is 2.25. The zero-order chi connectivity index (χ0) is 14.1. The molecule has 20 heavy (non-hydrogen) atoms. The highest BCUT2D eigenvalue weighted by molar-refractivity contribution is 9.10. The fourth-order valence-electron chi connectivity index (χ4n) is 2.55. The van der Waals surface area contributed by atoms with Gasteiger partial charge in [0.2, 0.25) is 5.91 Å². The van der Waals surface area contributed by atoms with E-state index in [0.29, 0.717) is 12.5 Å². The van der Waals surface area contributed by atoms with Crippen LogP contribution >= 0.6 is 15.9 Å². The molecule has 2 aromatic heterocycles. The van der Waals surface area contributed by atoms with Crippen LogP contribution in [-0.2, 0) is 4.79 Å². The van der Waals surface area contributed by atoms with Crippen LogP contribution in [0.1, 0.15) is 13.3 Å². The van der Waals surface area contributed by atoms with Gasteiger partial charge in [0, 0.05) is 25.5 Å². The lowest BCUT2D eigenvalue weighted by Gasteiger charge is -2.28. The molecule has 1 fully saturated rings. The molecule has 0 aliphatic carbocycles. The molecular weight excluding hydrogens is 322 g/mol. The number of carbonyl (C=O) groups is 1. The number of anilines is 1. The summed E-state index contributed by atoms with van der Waals surface area (Å²) in [6.45, 7) is 3.48. The van der Waals surface area contributed by atoms with Crippen LogP contribution in [0, 0.1) is 11.8 Å². The lowest BCUT2D eigenvalue weighted by Crippen LogP contribution is -2.44. The third kappa shape index (κ3) is 2.37. The van der Waals surface area contributed by atoms with E-state index < -0.39 is 0 Å². The Morgan fingerprint density at radius 1 is 1.60 bits per heavy atom. The third-order valence-corrected chi connectivity index (χ3v) is 4.38. The van der Waals surface area contributed by atoms with Crippen LogP contribution in [0.4, 0.5) is 5.82 Å². The highest BCUT2D eigenvalue weighted by atomic mass is 79.9. The normalized spacial score (nSPS) is 22.8. The predicted molar refractivity (Wildman–Crippen MR) is 79.5 cm³/mol. The summed E-state index contributed by atoms with van der Waals surface area (Å²) in [5, 5.41) is 10.4. The van der Waals surface area contributed by atoms with E-state index in [-0.39, 0.29) is 11.8 Å². The molecule has 2 unspecified atom stereocenters. The molecule has 1 amide bonds. The summed E-state index contributed by atoms with van der Waals surface area (Å²) in [5.74, 6) is 1.22. The van der Waals surface area contributed by atoms with Crippen molar-refractivity contribution in [2.45, 2.75) is 13.3 Å². The largest absolute Gasteiger partial charge is 0.367 e. The Morgan fingerprint density at radius 3 is 3.25 bits per heavy atom. The first kappa shape index (κ1) is 13.4. The molecule has 6 nitrogen and oxygen atoms in total. The highest BCUT2D eigenvalue weighted by Gasteiger charge is 2.28. The predicted octanol–water partition coefficient (Wildman–Crippen LogP) is 1.68. The number of nitrogens with zero attached hydrogens (tertiary/aromatic N) is 3. The van der Waals surface area contributed by atoms with Crippen molar-refractivity contribution < 1.29 is 4.79 Å². The fraction of sp³-hybridized carbons (Fsp3) is 0.462. The lowest BCUT2D eigenvalue weighted by atomic mass is 9.87. The summed E-state index contributed by atoms with van der Waals surface area (Å²) in [5.41, 5.74) is 0.886. The maximum atomic E-state index is 11.9. The molecule has 1 saturated heterocycles. The van der Waals surface area contributed by atoms with E-state index in [1.54, 1.807) is 23.1 Å². The SMILES string of the molecule is CC1CCNC(=O)C1CNc1nccn2ncc(Br)c12. The second-order valence-corrected chi connectivity index (χ2v) is 5.96.